The molecular formula is C10H15N3. The summed E-state index contributed by atoms with van der Waals surface area (Å²) in [6.07, 6.45) is 3.02. The topological polar surface area (TPSA) is 31.9 Å². The standard InChI is InChI=1S/C10H15N3/c1-3-5-13-6-4-9-10(7-13)12-8(2)11-9/h3H,1,4-7H2,2H3,(H,11,12). The number of rotatable bonds is 2. The van der Waals surface area contributed by atoms with Crippen LogP contribution in [0.1, 0.15) is 17.2 Å². The van der Waals surface area contributed by atoms with Gasteiger partial charge in [0.05, 0.1) is 11.4 Å². The van der Waals surface area contributed by atoms with Crippen LogP contribution in [0.3, 0.4) is 0 Å². The van der Waals surface area contributed by atoms with Crippen molar-refractivity contribution in [2.45, 2.75) is 19.9 Å². The number of hydrogen-bond acceptors (Lipinski definition) is 2. The van der Waals surface area contributed by atoms with Gasteiger partial charge in [-0.15, -0.1) is 6.58 Å². The summed E-state index contributed by atoms with van der Waals surface area (Å²) in [5, 5.41) is 0. The van der Waals surface area contributed by atoms with Gasteiger partial charge in [-0.05, 0) is 6.92 Å². The molecule has 3 nitrogen and oxygen atoms in total. The maximum Gasteiger partial charge on any atom is 0.103 e. The second-order valence-corrected chi connectivity index (χ2v) is 3.52. The SMILES string of the molecule is C=CCN1CCc2nc(C)[nH]c2C1. The number of aromatic nitrogens is 2. The molecule has 0 unspecified atom stereocenters. The predicted octanol–water partition coefficient (Wildman–Crippen LogP) is 1.26. The van der Waals surface area contributed by atoms with Gasteiger partial charge in [-0.1, -0.05) is 6.08 Å². The Balaban J connectivity index is 2.14. The second kappa shape index (κ2) is 3.34. The van der Waals surface area contributed by atoms with Gasteiger partial charge in [0.1, 0.15) is 5.82 Å². The summed E-state index contributed by atoms with van der Waals surface area (Å²) in [5.74, 6) is 1.03. The van der Waals surface area contributed by atoms with Crippen LogP contribution in [0.5, 0.6) is 0 Å². The molecule has 0 amide bonds. The van der Waals surface area contributed by atoms with Crippen LogP contribution in [0.2, 0.25) is 0 Å². The third kappa shape index (κ3) is 1.65. The van der Waals surface area contributed by atoms with E-state index in [1.807, 2.05) is 13.0 Å². The molecular weight excluding hydrogens is 162 g/mol. The van der Waals surface area contributed by atoms with E-state index < -0.39 is 0 Å². The van der Waals surface area contributed by atoms with E-state index in [9.17, 15) is 0 Å². The zero-order chi connectivity index (χ0) is 9.26. The monoisotopic (exact) mass is 177 g/mol. The fourth-order valence-corrected chi connectivity index (χ4v) is 1.83. The van der Waals surface area contributed by atoms with Crippen LogP contribution in [0.4, 0.5) is 0 Å². The fraction of sp³-hybridized carbons (Fsp3) is 0.500. The average molecular weight is 177 g/mol. The number of fused-ring (bicyclic) bond motifs is 1. The first kappa shape index (κ1) is 8.51. The lowest BCUT2D eigenvalue weighted by atomic mass is 10.1. The van der Waals surface area contributed by atoms with Crippen LogP contribution in [-0.4, -0.2) is 28.0 Å². The molecule has 1 N–H and O–H groups in total. The van der Waals surface area contributed by atoms with Crippen molar-refractivity contribution in [3.63, 3.8) is 0 Å². The van der Waals surface area contributed by atoms with E-state index in [0.717, 1.165) is 31.9 Å². The zero-order valence-electron chi connectivity index (χ0n) is 8.01. The number of nitrogens with zero attached hydrogens (tertiary/aromatic N) is 2. The molecule has 0 fully saturated rings. The van der Waals surface area contributed by atoms with Crippen LogP contribution >= 0.6 is 0 Å². The van der Waals surface area contributed by atoms with Crippen LogP contribution in [0.15, 0.2) is 12.7 Å². The molecule has 0 atom stereocenters. The van der Waals surface area contributed by atoms with Crippen molar-refractivity contribution in [3.8, 4) is 0 Å². The maximum atomic E-state index is 4.44. The van der Waals surface area contributed by atoms with E-state index in [2.05, 4.69) is 21.4 Å². The smallest absolute Gasteiger partial charge is 0.103 e. The third-order valence-corrected chi connectivity index (χ3v) is 2.42. The van der Waals surface area contributed by atoms with Crippen molar-refractivity contribution in [1.29, 1.82) is 0 Å². The highest BCUT2D eigenvalue weighted by molar-refractivity contribution is 5.17. The van der Waals surface area contributed by atoms with Crippen molar-refractivity contribution in [1.82, 2.24) is 14.9 Å². The van der Waals surface area contributed by atoms with Crippen LogP contribution in [0.25, 0.3) is 0 Å². The Labute approximate surface area is 78.5 Å². The Morgan fingerprint density at radius 2 is 2.54 bits per heavy atom. The molecule has 1 aliphatic rings. The molecule has 1 aromatic rings. The van der Waals surface area contributed by atoms with Gasteiger partial charge in [-0.2, -0.15) is 0 Å². The Bertz CT molecular complexity index is 314. The fourth-order valence-electron chi connectivity index (χ4n) is 1.83. The summed E-state index contributed by atoms with van der Waals surface area (Å²) >= 11 is 0. The van der Waals surface area contributed by atoms with Gasteiger partial charge in [0, 0.05) is 26.1 Å². The lowest BCUT2D eigenvalue weighted by molar-refractivity contribution is 0.277. The van der Waals surface area contributed by atoms with E-state index in [1.54, 1.807) is 0 Å². The number of imidazole rings is 1. The molecule has 0 saturated carbocycles. The minimum Gasteiger partial charge on any atom is -0.345 e. The van der Waals surface area contributed by atoms with E-state index in [4.69, 9.17) is 0 Å². The van der Waals surface area contributed by atoms with Crippen molar-refractivity contribution < 1.29 is 0 Å². The minimum atomic E-state index is 0.970. The van der Waals surface area contributed by atoms with Crippen molar-refractivity contribution in [2.24, 2.45) is 0 Å². The minimum absolute atomic E-state index is 0.970. The number of aromatic amines is 1. The maximum absolute atomic E-state index is 4.44. The summed E-state index contributed by atoms with van der Waals surface area (Å²) in [6, 6.07) is 0. The molecule has 0 spiro atoms. The number of H-pyrrole nitrogens is 1. The van der Waals surface area contributed by atoms with E-state index >= 15 is 0 Å². The van der Waals surface area contributed by atoms with E-state index in [0.29, 0.717) is 0 Å². The van der Waals surface area contributed by atoms with E-state index in [1.165, 1.54) is 11.4 Å². The molecule has 1 aliphatic heterocycles. The van der Waals surface area contributed by atoms with Crippen molar-refractivity contribution in [3.05, 3.63) is 29.9 Å². The molecule has 1 aromatic heterocycles. The molecule has 0 aromatic carbocycles. The van der Waals surface area contributed by atoms with E-state index in [-0.39, 0.29) is 0 Å². The Morgan fingerprint density at radius 1 is 1.69 bits per heavy atom. The Kier molecular flexibility index (Phi) is 2.19. The summed E-state index contributed by atoms with van der Waals surface area (Å²) in [4.78, 5) is 10.1. The van der Waals surface area contributed by atoms with Gasteiger partial charge in [-0.3, -0.25) is 4.90 Å². The zero-order valence-corrected chi connectivity index (χ0v) is 8.01. The first-order valence-corrected chi connectivity index (χ1v) is 4.67. The van der Waals surface area contributed by atoms with Gasteiger partial charge >= 0.3 is 0 Å². The van der Waals surface area contributed by atoms with Gasteiger partial charge in [0.15, 0.2) is 0 Å². The summed E-state index contributed by atoms with van der Waals surface area (Å²) in [5.41, 5.74) is 2.53. The number of nitrogens with one attached hydrogen (secondary N) is 1. The Hall–Kier alpha value is -1.09. The lowest BCUT2D eigenvalue weighted by Crippen LogP contribution is -2.30. The summed E-state index contributed by atoms with van der Waals surface area (Å²) < 4.78 is 0. The Morgan fingerprint density at radius 3 is 3.31 bits per heavy atom. The first-order valence-electron chi connectivity index (χ1n) is 4.67. The van der Waals surface area contributed by atoms with Crippen LogP contribution in [0, 0.1) is 6.92 Å². The van der Waals surface area contributed by atoms with Gasteiger partial charge in [0.2, 0.25) is 0 Å². The molecule has 2 heterocycles. The highest BCUT2D eigenvalue weighted by atomic mass is 15.1. The highest BCUT2D eigenvalue weighted by Crippen LogP contribution is 2.15. The molecule has 2 rings (SSSR count). The van der Waals surface area contributed by atoms with Gasteiger partial charge in [0.25, 0.3) is 0 Å². The van der Waals surface area contributed by atoms with Crippen molar-refractivity contribution in [2.75, 3.05) is 13.1 Å². The summed E-state index contributed by atoms with van der Waals surface area (Å²) in [7, 11) is 0. The highest BCUT2D eigenvalue weighted by Gasteiger charge is 2.17. The predicted molar refractivity (Wildman–Crippen MR) is 52.5 cm³/mol. The van der Waals surface area contributed by atoms with Crippen molar-refractivity contribution >= 4 is 0 Å². The molecule has 0 radical (unpaired) electrons. The summed E-state index contributed by atoms with van der Waals surface area (Å²) in [6.45, 7) is 8.82. The lowest BCUT2D eigenvalue weighted by Gasteiger charge is -2.24. The second-order valence-electron chi connectivity index (χ2n) is 3.52. The number of aryl methyl sites for hydroxylation is 1. The first-order chi connectivity index (χ1) is 6.29. The van der Waals surface area contributed by atoms with Crippen LogP contribution < -0.4 is 0 Å². The molecule has 70 valence electrons. The molecule has 0 saturated heterocycles. The van der Waals surface area contributed by atoms with Gasteiger partial charge in [-0.25, -0.2) is 4.98 Å². The molecule has 13 heavy (non-hydrogen) atoms. The number of hydrogen-bond donors (Lipinski definition) is 1. The molecule has 0 aliphatic carbocycles. The molecule has 0 bridgehead atoms. The quantitative estimate of drug-likeness (QED) is 0.690. The largest absolute Gasteiger partial charge is 0.345 e. The normalized spacial score (nSPS) is 17.0. The van der Waals surface area contributed by atoms with Crippen LogP contribution in [-0.2, 0) is 13.0 Å². The van der Waals surface area contributed by atoms with Gasteiger partial charge < -0.3 is 4.98 Å². The molecule has 3 heteroatoms. The average Bonchev–Trinajstić information content (AvgIpc) is 2.44. The third-order valence-electron chi connectivity index (χ3n) is 2.42.